The molecule has 46 heavy (non-hydrogen) atoms. The van der Waals surface area contributed by atoms with E-state index in [0.29, 0.717) is 28.2 Å². The summed E-state index contributed by atoms with van der Waals surface area (Å²) in [6.07, 6.45) is 0.765. The fraction of sp³-hybridized carbons (Fsp3) is 0.400. The molecule has 16 heteroatoms. The van der Waals surface area contributed by atoms with E-state index in [1.165, 1.54) is 26.4 Å². The lowest BCUT2D eigenvalue weighted by Gasteiger charge is -2.20. The highest BCUT2D eigenvalue weighted by atomic mass is 16.5. The summed E-state index contributed by atoms with van der Waals surface area (Å²) in [5, 5.41) is 35.7. The van der Waals surface area contributed by atoms with Crippen LogP contribution in [0.15, 0.2) is 46.4 Å². The summed E-state index contributed by atoms with van der Waals surface area (Å²) in [4.78, 5) is 33.7. The average molecular weight is 643 g/mol. The minimum absolute atomic E-state index is 0.0114. The van der Waals surface area contributed by atoms with Gasteiger partial charge in [-0.1, -0.05) is 6.07 Å². The smallest absolute Gasteiger partial charge is 0.244 e. The molecule has 0 aliphatic carbocycles. The van der Waals surface area contributed by atoms with Crippen LogP contribution in [-0.2, 0) is 9.59 Å². The molecule has 0 saturated carbocycles. The summed E-state index contributed by atoms with van der Waals surface area (Å²) in [5.41, 5.74) is 22.8. The van der Waals surface area contributed by atoms with Gasteiger partial charge in [0, 0.05) is 24.7 Å². The topological polar surface area (TPSA) is 275 Å². The number of ether oxygens (including phenoxy) is 3. The standard InChI is InChI=1S/C30H42N8O8/c1-44-22-13-17(4-5-21(22)41)26-25(28(43)36-10-8-19(40)15-38-30(33)34)20-11-16(12-23(45-2)27(20)46-26)3-6-24(42)35-9-7-18(39)14-37-29(31)32/h3-6,11-13,18-19,25-26,39-41H,7-10,14-15H2,1-2H3,(H,35,42)(H,36,43)(H4,31,32,37)(H4,33,34,38)/b6-3+. The monoisotopic (exact) mass is 642 g/mol. The molecule has 4 unspecified atom stereocenters. The Bertz CT molecular complexity index is 1460. The number of nitrogens with one attached hydrogen (secondary N) is 2. The van der Waals surface area contributed by atoms with Gasteiger partial charge in [0.25, 0.3) is 0 Å². The van der Waals surface area contributed by atoms with Crippen molar-refractivity contribution in [3.05, 3.63) is 53.1 Å². The molecule has 13 N–H and O–H groups in total. The zero-order valence-corrected chi connectivity index (χ0v) is 25.7. The van der Waals surface area contributed by atoms with Crippen molar-refractivity contribution in [2.45, 2.75) is 37.1 Å². The average Bonchev–Trinajstić information content (AvgIpc) is 3.41. The number of methoxy groups -OCH3 is 2. The lowest BCUT2D eigenvalue weighted by Crippen LogP contribution is -2.34. The first-order valence-corrected chi connectivity index (χ1v) is 14.4. The number of carbonyl (C=O) groups is 2. The van der Waals surface area contributed by atoms with Gasteiger partial charge < -0.3 is 63.1 Å². The molecular weight excluding hydrogens is 600 g/mol. The third-order valence-electron chi connectivity index (χ3n) is 6.97. The summed E-state index contributed by atoms with van der Waals surface area (Å²) in [5.74, 6) is -1.19. The lowest BCUT2D eigenvalue weighted by atomic mass is 9.89. The first kappa shape index (κ1) is 35.3. The molecule has 0 spiro atoms. The number of aliphatic hydroxyl groups excluding tert-OH is 2. The second-order valence-corrected chi connectivity index (χ2v) is 10.4. The number of carbonyl (C=O) groups excluding carboxylic acids is 2. The highest BCUT2D eigenvalue weighted by Gasteiger charge is 2.42. The highest BCUT2D eigenvalue weighted by Crippen LogP contribution is 2.51. The zero-order chi connectivity index (χ0) is 33.8. The number of guanidine groups is 2. The first-order chi connectivity index (χ1) is 21.9. The molecule has 16 nitrogen and oxygen atoms in total. The van der Waals surface area contributed by atoms with Gasteiger partial charge in [-0.2, -0.15) is 0 Å². The maximum atomic E-state index is 13.7. The van der Waals surface area contributed by atoms with Crippen molar-refractivity contribution in [1.82, 2.24) is 10.6 Å². The lowest BCUT2D eigenvalue weighted by molar-refractivity contribution is -0.124. The van der Waals surface area contributed by atoms with Crippen molar-refractivity contribution < 1.29 is 39.1 Å². The molecule has 3 rings (SSSR count). The second kappa shape index (κ2) is 16.7. The Kier molecular flexibility index (Phi) is 12.8. The van der Waals surface area contributed by atoms with Crippen LogP contribution < -0.4 is 47.8 Å². The Morgan fingerprint density at radius 2 is 1.54 bits per heavy atom. The molecule has 0 fully saturated rings. The SMILES string of the molecule is COc1cc(C2Oc3c(OC)cc(/C=C/C(=O)NCCC(O)CN=C(N)N)cc3C2C(=O)NCCC(O)CN=C(N)N)ccc1O. The Balaban J connectivity index is 1.84. The van der Waals surface area contributed by atoms with Crippen LogP contribution in [0.1, 0.15) is 41.6 Å². The number of aliphatic hydroxyl groups is 2. The number of benzene rings is 2. The van der Waals surface area contributed by atoms with Gasteiger partial charge in [0.15, 0.2) is 34.9 Å². The van der Waals surface area contributed by atoms with E-state index in [1.807, 2.05) is 0 Å². The quantitative estimate of drug-likeness (QED) is 0.0601. The Morgan fingerprint density at radius 1 is 0.935 bits per heavy atom. The van der Waals surface area contributed by atoms with Crippen LogP contribution in [0, 0.1) is 0 Å². The van der Waals surface area contributed by atoms with Crippen LogP contribution in [-0.4, -0.2) is 91.7 Å². The number of hydrogen-bond donors (Lipinski definition) is 9. The highest BCUT2D eigenvalue weighted by molar-refractivity contribution is 5.92. The van der Waals surface area contributed by atoms with E-state index in [4.69, 9.17) is 37.1 Å². The molecule has 1 heterocycles. The van der Waals surface area contributed by atoms with Crippen molar-refractivity contribution in [3.63, 3.8) is 0 Å². The van der Waals surface area contributed by atoms with E-state index in [2.05, 4.69) is 20.6 Å². The number of hydrogen-bond acceptors (Lipinski definition) is 10. The molecule has 2 amide bonds. The van der Waals surface area contributed by atoms with E-state index >= 15 is 0 Å². The number of fused-ring (bicyclic) bond motifs is 1. The second-order valence-electron chi connectivity index (χ2n) is 10.4. The number of aromatic hydroxyl groups is 1. The van der Waals surface area contributed by atoms with Crippen LogP contribution in [0.2, 0.25) is 0 Å². The first-order valence-electron chi connectivity index (χ1n) is 14.4. The minimum Gasteiger partial charge on any atom is -0.504 e. The predicted molar refractivity (Wildman–Crippen MR) is 171 cm³/mol. The molecular formula is C30H42N8O8. The van der Waals surface area contributed by atoms with Gasteiger partial charge in [0.2, 0.25) is 11.8 Å². The van der Waals surface area contributed by atoms with Gasteiger partial charge in [-0.15, -0.1) is 0 Å². The summed E-state index contributed by atoms with van der Waals surface area (Å²) in [6, 6.07) is 8.03. The Hall–Kier alpha value is -5.22. The predicted octanol–water partition coefficient (Wildman–Crippen LogP) is -1.08. The summed E-state index contributed by atoms with van der Waals surface area (Å²) < 4.78 is 17.2. The maximum Gasteiger partial charge on any atom is 0.244 e. The number of phenolic OH excluding ortho intramolecular Hbond substituents is 1. The van der Waals surface area contributed by atoms with Gasteiger partial charge >= 0.3 is 0 Å². The number of amides is 2. The molecule has 0 aromatic heterocycles. The number of nitrogens with zero attached hydrogens (tertiary/aromatic N) is 2. The van der Waals surface area contributed by atoms with Crippen molar-refractivity contribution in [3.8, 4) is 23.0 Å². The Labute approximate surface area is 266 Å². The van der Waals surface area contributed by atoms with Crippen LogP contribution in [0.4, 0.5) is 0 Å². The van der Waals surface area contributed by atoms with Crippen molar-refractivity contribution >= 4 is 29.8 Å². The summed E-state index contributed by atoms with van der Waals surface area (Å²) in [7, 11) is 2.87. The van der Waals surface area contributed by atoms with Gasteiger partial charge in [0.05, 0.1) is 39.5 Å². The zero-order valence-electron chi connectivity index (χ0n) is 25.7. The molecule has 0 radical (unpaired) electrons. The summed E-state index contributed by atoms with van der Waals surface area (Å²) >= 11 is 0. The maximum absolute atomic E-state index is 13.7. The largest absolute Gasteiger partial charge is 0.504 e. The number of nitrogens with two attached hydrogens (primary N) is 4. The van der Waals surface area contributed by atoms with E-state index < -0.39 is 36.0 Å². The van der Waals surface area contributed by atoms with Crippen molar-refractivity contribution in [1.29, 1.82) is 0 Å². The molecule has 250 valence electrons. The molecule has 0 bridgehead atoms. The normalized spacial score (nSPS) is 16.4. The van der Waals surface area contributed by atoms with Gasteiger partial charge in [-0.25, -0.2) is 0 Å². The molecule has 0 saturated heterocycles. The van der Waals surface area contributed by atoms with E-state index in [-0.39, 0.29) is 62.4 Å². The third-order valence-corrected chi connectivity index (χ3v) is 6.97. The minimum atomic E-state index is -0.887. The van der Waals surface area contributed by atoms with E-state index in [0.717, 1.165) is 0 Å². The van der Waals surface area contributed by atoms with Crippen LogP contribution in [0.25, 0.3) is 6.08 Å². The van der Waals surface area contributed by atoms with Gasteiger partial charge in [-0.05, 0) is 54.3 Å². The van der Waals surface area contributed by atoms with Crippen LogP contribution in [0.3, 0.4) is 0 Å². The number of phenols is 1. The molecule has 1 aliphatic heterocycles. The third kappa shape index (κ3) is 9.90. The number of aliphatic imine (C=N–C) groups is 2. The molecule has 2 aromatic carbocycles. The van der Waals surface area contributed by atoms with Crippen LogP contribution >= 0.6 is 0 Å². The van der Waals surface area contributed by atoms with E-state index in [1.54, 1.807) is 30.3 Å². The fourth-order valence-corrected chi connectivity index (χ4v) is 4.69. The summed E-state index contributed by atoms with van der Waals surface area (Å²) in [6.45, 7) is 0.320. The molecule has 4 atom stereocenters. The molecule has 2 aromatic rings. The van der Waals surface area contributed by atoms with Gasteiger partial charge in [-0.3, -0.25) is 19.6 Å². The van der Waals surface area contributed by atoms with Crippen molar-refractivity contribution in [2.75, 3.05) is 40.4 Å². The van der Waals surface area contributed by atoms with Gasteiger partial charge in [0.1, 0.15) is 12.0 Å². The van der Waals surface area contributed by atoms with Crippen molar-refractivity contribution in [2.24, 2.45) is 32.9 Å². The Morgan fingerprint density at radius 3 is 2.13 bits per heavy atom. The fourth-order valence-electron chi connectivity index (χ4n) is 4.69. The van der Waals surface area contributed by atoms with E-state index in [9.17, 15) is 24.9 Å². The molecule has 1 aliphatic rings. The number of rotatable bonds is 16. The van der Waals surface area contributed by atoms with Crippen LogP contribution in [0.5, 0.6) is 23.0 Å².